The summed E-state index contributed by atoms with van der Waals surface area (Å²) in [5, 5.41) is 9.23. The average Bonchev–Trinajstić information content (AvgIpc) is 2.58. The maximum Gasteiger partial charge on any atom is 0.161 e. The quantitative estimate of drug-likeness (QED) is 0.874. The van der Waals surface area contributed by atoms with Gasteiger partial charge in [0.05, 0.1) is 13.2 Å². The van der Waals surface area contributed by atoms with E-state index in [2.05, 4.69) is 0 Å². The highest BCUT2D eigenvalue weighted by atomic mass is 16.5. The minimum Gasteiger partial charge on any atom is -0.490 e. The number of rotatable bonds is 4. The van der Waals surface area contributed by atoms with Gasteiger partial charge in [0.25, 0.3) is 0 Å². The van der Waals surface area contributed by atoms with E-state index >= 15 is 0 Å². The topological polar surface area (TPSA) is 64.7 Å². The SMILES string of the molecule is CC(C)(N)C(CCO)c1ccc2c(c1)OCCCO2. The molecule has 1 unspecified atom stereocenters. The summed E-state index contributed by atoms with van der Waals surface area (Å²) >= 11 is 0. The summed E-state index contributed by atoms with van der Waals surface area (Å²) in [6, 6.07) is 5.95. The van der Waals surface area contributed by atoms with Crippen LogP contribution in [0.1, 0.15) is 38.2 Å². The second-order valence-corrected chi connectivity index (χ2v) is 5.64. The van der Waals surface area contributed by atoms with E-state index in [1.807, 2.05) is 32.0 Å². The van der Waals surface area contributed by atoms with Gasteiger partial charge < -0.3 is 20.3 Å². The van der Waals surface area contributed by atoms with Crippen LogP contribution in [-0.4, -0.2) is 30.5 Å². The van der Waals surface area contributed by atoms with Crippen LogP contribution in [0.25, 0.3) is 0 Å². The predicted molar refractivity (Wildman–Crippen MR) is 74.8 cm³/mol. The number of benzene rings is 1. The molecule has 4 heteroatoms. The molecule has 0 saturated carbocycles. The zero-order chi connectivity index (χ0) is 13.9. The van der Waals surface area contributed by atoms with Gasteiger partial charge in [-0.05, 0) is 38.0 Å². The van der Waals surface area contributed by atoms with Gasteiger partial charge in [-0.2, -0.15) is 0 Å². The largest absolute Gasteiger partial charge is 0.490 e. The Labute approximate surface area is 114 Å². The van der Waals surface area contributed by atoms with E-state index < -0.39 is 0 Å². The minimum atomic E-state index is -0.386. The van der Waals surface area contributed by atoms with Gasteiger partial charge in [-0.1, -0.05) is 6.07 Å². The summed E-state index contributed by atoms with van der Waals surface area (Å²) in [5.41, 5.74) is 6.92. The van der Waals surface area contributed by atoms with E-state index in [0.29, 0.717) is 19.6 Å². The third-order valence-corrected chi connectivity index (χ3v) is 3.49. The molecule has 1 aromatic carbocycles. The Morgan fingerprint density at radius 2 is 1.95 bits per heavy atom. The minimum absolute atomic E-state index is 0.0923. The molecule has 0 radical (unpaired) electrons. The lowest BCUT2D eigenvalue weighted by Crippen LogP contribution is -2.39. The van der Waals surface area contributed by atoms with Crippen molar-refractivity contribution in [3.05, 3.63) is 23.8 Å². The van der Waals surface area contributed by atoms with Crippen molar-refractivity contribution in [2.24, 2.45) is 5.73 Å². The second-order valence-electron chi connectivity index (χ2n) is 5.64. The van der Waals surface area contributed by atoms with Crippen molar-refractivity contribution in [3.63, 3.8) is 0 Å². The molecule has 1 aromatic rings. The van der Waals surface area contributed by atoms with Crippen molar-refractivity contribution >= 4 is 0 Å². The van der Waals surface area contributed by atoms with Crippen molar-refractivity contribution in [3.8, 4) is 11.5 Å². The molecule has 0 amide bonds. The molecular formula is C15H23NO3. The van der Waals surface area contributed by atoms with Crippen LogP contribution in [0.4, 0.5) is 0 Å². The average molecular weight is 265 g/mol. The molecule has 0 fully saturated rings. The Balaban J connectivity index is 2.31. The maximum atomic E-state index is 9.23. The summed E-state index contributed by atoms with van der Waals surface area (Å²) in [6.45, 7) is 5.45. The van der Waals surface area contributed by atoms with Crippen LogP contribution < -0.4 is 15.2 Å². The predicted octanol–water partition coefficient (Wildman–Crippen LogP) is 2.05. The number of aliphatic hydroxyl groups excluding tert-OH is 1. The van der Waals surface area contributed by atoms with E-state index in [1.54, 1.807) is 0 Å². The molecule has 19 heavy (non-hydrogen) atoms. The molecule has 0 aromatic heterocycles. The summed E-state index contributed by atoms with van der Waals surface area (Å²) in [7, 11) is 0. The summed E-state index contributed by atoms with van der Waals surface area (Å²) in [5.74, 6) is 1.66. The molecule has 106 valence electrons. The molecule has 0 spiro atoms. The molecule has 2 rings (SSSR count). The van der Waals surface area contributed by atoms with Crippen LogP contribution in [0.5, 0.6) is 11.5 Å². The van der Waals surface area contributed by atoms with Crippen LogP contribution >= 0.6 is 0 Å². The molecule has 0 bridgehead atoms. The number of nitrogens with two attached hydrogens (primary N) is 1. The van der Waals surface area contributed by atoms with Gasteiger partial charge in [-0.15, -0.1) is 0 Å². The summed E-state index contributed by atoms with van der Waals surface area (Å²) in [4.78, 5) is 0. The maximum absolute atomic E-state index is 9.23. The van der Waals surface area contributed by atoms with Crippen LogP contribution in [-0.2, 0) is 0 Å². The van der Waals surface area contributed by atoms with Gasteiger partial charge in [0.15, 0.2) is 11.5 Å². The monoisotopic (exact) mass is 265 g/mol. The van der Waals surface area contributed by atoms with Crippen molar-refractivity contribution in [1.82, 2.24) is 0 Å². The third kappa shape index (κ3) is 3.39. The van der Waals surface area contributed by atoms with E-state index in [4.69, 9.17) is 15.2 Å². The number of ether oxygens (including phenoxy) is 2. The normalized spacial score (nSPS) is 16.8. The molecule has 1 aliphatic heterocycles. The van der Waals surface area contributed by atoms with Crippen LogP contribution in [0, 0.1) is 0 Å². The highest BCUT2D eigenvalue weighted by molar-refractivity contribution is 5.45. The summed E-state index contributed by atoms with van der Waals surface area (Å²) in [6.07, 6.45) is 1.54. The zero-order valence-corrected chi connectivity index (χ0v) is 11.7. The Hall–Kier alpha value is -1.26. The summed E-state index contributed by atoms with van der Waals surface area (Å²) < 4.78 is 11.3. The standard InChI is InChI=1S/C15H23NO3/c1-15(2,16)12(6-7-17)11-4-5-13-14(10-11)19-9-3-8-18-13/h4-5,10,12,17H,3,6-9,16H2,1-2H3. The third-order valence-electron chi connectivity index (χ3n) is 3.49. The van der Waals surface area contributed by atoms with Crippen LogP contribution in [0.15, 0.2) is 18.2 Å². The first-order chi connectivity index (χ1) is 9.02. The van der Waals surface area contributed by atoms with Gasteiger partial charge in [-0.25, -0.2) is 0 Å². The fourth-order valence-corrected chi connectivity index (χ4v) is 2.49. The van der Waals surface area contributed by atoms with Gasteiger partial charge in [-0.3, -0.25) is 0 Å². The molecule has 4 nitrogen and oxygen atoms in total. The van der Waals surface area contributed by atoms with Crippen molar-refractivity contribution in [2.75, 3.05) is 19.8 Å². The van der Waals surface area contributed by atoms with Crippen LogP contribution in [0.2, 0.25) is 0 Å². The lowest BCUT2D eigenvalue weighted by atomic mass is 9.80. The van der Waals surface area contributed by atoms with E-state index in [0.717, 1.165) is 23.5 Å². The molecule has 1 atom stereocenters. The van der Waals surface area contributed by atoms with Gasteiger partial charge >= 0.3 is 0 Å². The van der Waals surface area contributed by atoms with Gasteiger partial charge in [0.1, 0.15) is 0 Å². The Bertz CT molecular complexity index is 426. The number of hydrogen-bond donors (Lipinski definition) is 2. The van der Waals surface area contributed by atoms with E-state index in [-0.39, 0.29) is 18.1 Å². The highest BCUT2D eigenvalue weighted by Gasteiger charge is 2.27. The number of hydrogen-bond acceptors (Lipinski definition) is 4. The molecule has 3 N–H and O–H groups in total. The molecule has 1 heterocycles. The highest BCUT2D eigenvalue weighted by Crippen LogP contribution is 2.36. The Morgan fingerprint density at radius 1 is 1.26 bits per heavy atom. The Kier molecular flexibility index (Phi) is 4.32. The van der Waals surface area contributed by atoms with Gasteiger partial charge in [0, 0.05) is 24.5 Å². The lowest BCUT2D eigenvalue weighted by Gasteiger charge is -2.31. The zero-order valence-electron chi connectivity index (χ0n) is 11.7. The number of aliphatic hydroxyl groups is 1. The smallest absolute Gasteiger partial charge is 0.161 e. The van der Waals surface area contributed by atoms with E-state index in [1.165, 1.54) is 0 Å². The van der Waals surface area contributed by atoms with E-state index in [9.17, 15) is 5.11 Å². The first-order valence-electron chi connectivity index (χ1n) is 6.81. The first-order valence-corrected chi connectivity index (χ1v) is 6.81. The second kappa shape index (κ2) is 5.80. The van der Waals surface area contributed by atoms with Crippen LogP contribution in [0.3, 0.4) is 0 Å². The van der Waals surface area contributed by atoms with Crippen molar-refractivity contribution in [2.45, 2.75) is 38.1 Å². The van der Waals surface area contributed by atoms with Crippen molar-refractivity contribution < 1.29 is 14.6 Å². The fraction of sp³-hybridized carbons (Fsp3) is 0.600. The fourth-order valence-electron chi connectivity index (χ4n) is 2.49. The van der Waals surface area contributed by atoms with Crippen molar-refractivity contribution in [1.29, 1.82) is 0 Å². The molecule has 1 aliphatic rings. The number of fused-ring (bicyclic) bond motifs is 1. The van der Waals surface area contributed by atoms with Gasteiger partial charge in [0.2, 0.25) is 0 Å². The first kappa shape index (κ1) is 14.2. The lowest BCUT2D eigenvalue weighted by molar-refractivity contribution is 0.250. The molecular weight excluding hydrogens is 242 g/mol. The molecule has 0 saturated heterocycles. The Morgan fingerprint density at radius 3 is 2.58 bits per heavy atom. The molecule has 0 aliphatic carbocycles.